The molecule has 0 fully saturated rings. The molecular weight excluding hydrogens is 240 g/mol. The number of hydrogen-bond donors (Lipinski definition) is 3. The first kappa shape index (κ1) is 14.1. The Morgan fingerprint density at radius 1 is 1.39 bits per heavy atom. The van der Waals surface area contributed by atoms with Crippen LogP contribution in [0.15, 0.2) is 18.3 Å². The Morgan fingerprint density at radius 2 is 2.17 bits per heavy atom. The lowest BCUT2D eigenvalue weighted by Gasteiger charge is -2.06. The Labute approximate surface area is 103 Å². The summed E-state index contributed by atoms with van der Waals surface area (Å²) >= 11 is 0. The van der Waals surface area contributed by atoms with E-state index in [1.54, 1.807) is 0 Å². The normalized spacial score (nSPS) is 10.1. The zero-order valence-electron chi connectivity index (χ0n) is 9.63. The van der Waals surface area contributed by atoms with Gasteiger partial charge in [0.15, 0.2) is 0 Å². The molecule has 7 heteroatoms. The van der Waals surface area contributed by atoms with E-state index in [-0.39, 0.29) is 37.6 Å². The van der Waals surface area contributed by atoms with E-state index in [2.05, 4.69) is 10.3 Å². The lowest BCUT2D eigenvalue weighted by atomic mass is 10.2. The van der Waals surface area contributed by atoms with Crippen molar-refractivity contribution < 1.29 is 24.5 Å². The number of ether oxygens (including phenoxy) is 1. The van der Waals surface area contributed by atoms with E-state index in [4.69, 9.17) is 14.9 Å². The molecule has 0 aliphatic rings. The summed E-state index contributed by atoms with van der Waals surface area (Å²) in [6.07, 6.45) is 1.35. The number of rotatable bonds is 7. The minimum absolute atomic E-state index is 0.0860. The molecule has 7 nitrogen and oxygen atoms in total. The molecule has 0 aliphatic heterocycles. The van der Waals surface area contributed by atoms with Crippen LogP contribution in [0.5, 0.6) is 0 Å². The first-order valence-electron chi connectivity index (χ1n) is 5.32. The van der Waals surface area contributed by atoms with Crippen LogP contribution in [0.25, 0.3) is 0 Å². The van der Waals surface area contributed by atoms with E-state index in [0.29, 0.717) is 0 Å². The van der Waals surface area contributed by atoms with Gasteiger partial charge in [0.2, 0.25) is 0 Å². The minimum Gasteiger partial charge on any atom is -0.478 e. The SMILES string of the molecule is O=C(O)c1cccnc1C(=O)NCCOCCO. The van der Waals surface area contributed by atoms with E-state index in [1.165, 1.54) is 18.3 Å². The Balaban J connectivity index is 2.54. The van der Waals surface area contributed by atoms with Gasteiger partial charge >= 0.3 is 5.97 Å². The maximum atomic E-state index is 11.7. The fraction of sp³-hybridized carbons (Fsp3) is 0.364. The number of aliphatic hydroxyl groups is 1. The predicted octanol–water partition coefficient (Wildman–Crippen LogP) is -0.482. The third kappa shape index (κ3) is 4.11. The topological polar surface area (TPSA) is 109 Å². The van der Waals surface area contributed by atoms with Gasteiger partial charge in [-0.1, -0.05) is 0 Å². The standard InChI is InChI=1S/C11H14N2O5/c14-5-7-18-6-4-13-10(15)9-8(11(16)17)2-1-3-12-9/h1-3,14H,4-7H2,(H,13,15)(H,16,17). The van der Waals surface area contributed by atoms with E-state index >= 15 is 0 Å². The first-order chi connectivity index (χ1) is 8.66. The van der Waals surface area contributed by atoms with Crippen molar-refractivity contribution in [3.05, 3.63) is 29.6 Å². The molecule has 1 rings (SSSR count). The maximum Gasteiger partial charge on any atom is 0.338 e. The molecule has 0 saturated heterocycles. The molecular formula is C11H14N2O5. The number of aliphatic hydroxyl groups excluding tert-OH is 1. The number of hydrogen-bond acceptors (Lipinski definition) is 5. The van der Waals surface area contributed by atoms with Crippen molar-refractivity contribution in [2.45, 2.75) is 0 Å². The quantitative estimate of drug-likeness (QED) is 0.567. The summed E-state index contributed by atoms with van der Waals surface area (Å²) in [5.41, 5.74) is -0.279. The molecule has 0 spiro atoms. The van der Waals surface area contributed by atoms with Gasteiger partial charge in [0.25, 0.3) is 5.91 Å². The van der Waals surface area contributed by atoms with Gasteiger partial charge in [0, 0.05) is 12.7 Å². The number of pyridine rings is 1. The van der Waals surface area contributed by atoms with Crippen LogP contribution >= 0.6 is 0 Å². The van der Waals surface area contributed by atoms with E-state index in [1.807, 2.05) is 0 Å². The molecule has 0 aliphatic carbocycles. The fourth-order valence-corrected chi connectivity index (χ4v) is 1.25. The summed E-state index contributed by atoms with van der Waals surface area (Å²) in [5.74, 6) is -1.77. The monoisotopic (exact) mass is 254 g/mol. The van der Waals surface area contributed by atoms with Crippen LogP contribution < -0.4 is 5.32 Å². The Bertz CT molecular complexity index is 422. The van der Waals surface area contributed by atoms with Crippen molar-refractivity contribution >= 4 is 11.9 Å². The molecule has 1 amide bonds. The van der Waals surface area contributed by atoms with Gasteiger partial charge in [0.05, 0.1) is 25.4 Å². The Kier molecular flexibility index (Phi) is 5.75. The molecule has 0 saturated carbocycles. The highest BCUT2D eigenvalue weighted by Gasteiger charge is 2.16. The molecule has 18 heavy (non-hydrogen) atoms. The number of nitrogens with zero attached hydrogens (tertiary/aromatic N) is 1. The smallest absolute Gasteiger partial charge is 0.338 e. The number of carboxylic acid groups (broad SMARTS) is 1. The zero-order valence-corrected chi connectivity index (χ0v) is 9.63. The van der Waals surface area contributed by atoms with Crippen LogP contribution in [0, 0.1) is 0 Å². The second kappa shape index (κ2) is 7.36. The van der Waals surface area contributed by atoms with Gasteiger partial charge in [0.1, 0.15) is 5.69 Å². The number of nitrogens with one attached hydrogen (secondary N) is 1. The third-order valence-corrected chi connectivity index (χ3v) is 2.02. The molecule has 3 N–H and O–H groups in total. The van der Waals surface area contributed by atoms with Crippen LogP contribution in [-0.4, -0.2) is 53.4 Å². The maximum absolute atomic E-state index is 11.7. The average Bonchev–Trinajstić information content (AvgIpc) is 2.38. The molecule has 0 unspecified atom stereocenters. The van der Waals surface area contributed by atoms with Crippen LogP contribution in [0.4, 0.5) is 0 Å². The molecule has 0 aromatic carbocycles. The summed E-state index contributed by atoms with van der Waals surface area (Å²) in [5, 5.41) is 19.8. The number of aromatic nitrogens is 1. The van der Waals surface area contributed by atoms with Crippen LogP contribution in [-0.2, 0) is 4.74 Å². The summed E-state index contributed by atoms with van der Waals surface area (Å²) in [7, 11) is 0. The highest BCUT2D eigenvalue weighted by Crippen LogP contribution is 2.04. The molecule has 1 heterocycles. The number of amides is 1. The molecule has 1 aromatic rings. The number of carbonyl (C=O) groups is 2. The van der Waals surface area contributed by atoms with Gasteiger partial charge in [-0.25, -0.2) is 4.79 Å². The Morgan fingerprint density at radius 3 is 2.83 bits per heavy atom. The van der Waals surface area contributed by atoms with Crippen molar-refractivity contribution in [2.75, 3.05) is 26.4 Å². The lowest BCUT2D eigenvalue weighted by molar-refractivity contribution is 0.0688. The first-order valence-corrected chi connectivity index (χ1v) is 5.32. The van der Waals surface area contributed by atoms with E-state index in [0.717, 1.165) is 0 Å². The van der Waals surface area contributed by atoms with Gasteiger partial charge in [-0.15, -0.1) is 0 Å². The summed E-state index contributed by atoms with van der Waals surface area (Å²) in [6.45, 7) is 0.563. The largest absolute Gasteiger partial charge is 0.478 e. The predicted molar refractivity (Wildman–Crippen MR) is 61.4 cm³/mol. The fourth-order valence-electron chi connectivity index (χ4n) is 1.25. The lowest BCUT2D eigenvalue weighted by Crippen LogP contribution is -2.29. The van der Waals surface area contributed by atoms with Crippen LogP contribution in [0.2, 0.25) is 0 Å². The van der Waals surface area contributed by atoms with Gasteiger partial charge in [-0.3, -0.25) is 9.78 Å². The number of aromatic carboxylic acids is 1. The molecule has 1 aromatic heterocycles. The summed E-state index contributed by atoms with van der Waals surface area (Å²) in [6, 6.07) is 2.76. The minimum atomic E-state index is -1.20. The summed E-state index contributed by atoms with van der Waals surface area (Å²) < 4.78 is 4.95. The van der Waals surface area contributed by atoms with Crippen molar-refractivity contribution in [3.8, 4) is 0 Å². The second-order valence-corrected chi connectivity index (χ2v) is 3.30. The van der Waals surface area contributed by atoms with Gasteiger partial charge in [-0.05, 0) is 12.1 Å². The average molecular weight is 254 g/mol. The molecule has 0 atom stereocenters. The second-order valence-electron chi connectivity index (χ2n) is 3.30. The van der Waals surface area contributed by atoms with E-state index in [9.17, 15) is 9.59 Å². The van der Waals surface area contributed by atoms with Gasteiger partial charge in [-0.2, -0.15) is 0 Å². The zero-order chi connectivity index (χ0) is 13.4. The number of carbonyl (C=O) groups excluding carboxylic acids is 1. The van der Waals surface area contributed by atoms with E-state index < -0.39 is 11.9 Å². The van der Waals surface area contributed by atoms with Crippen molar-refractivity contribution in [1.82, 2.24) is 10.3 Å². The molecule has 98 valence electrons. The van der Waals surface area contributed by atoms with Crippen molar-refractivity contribution in [1.29, 1.82) is 0 Å². The van der Waals surface area contributed by atoms with Crippen LogP contribution in [0.1, 0.15) is 20.8 Å². The summed E-state index contributed by atoms with van der Waals surface area (Å²) in [4.78, 5) is 26.3. The van der Waals surface area contributed by atoms with Gasteiger partial charge < -0.3 is 20.3 Å². The molecule has 0 radical (unpaired) electrons. The molecule has 0 bridgehead atoms. The Hall–Kier alpha value is -1.99. The highest BCUT2D eigenvalue weighted by molar-refractivity contribution is 6.03. The number of carboxylic acids is 1. The van der Waals surface area contributed by atoms with Crippen molar-refractivity contribution in [3.63, 3.8) is 0 Å². The third-order valence-electron chi connectivity index (χ3n) is 2.02. The highest BCUT2D eigenvalue weighted by atomic mass is 16.5. The van der Waals surface area contributed by atoms with Crippen molar-refractivity contribution in [2.24, 2.45) is 0 Å². The van der Waals surface area contributed by atoms with Crippen LogP contribution in [0.3, 0.4) is 0 Å².